The Labute approximate surface area is 218 Å². The number of thioether (sulfide) groups is 1. The Morgan fingerprint density at radius 1 is 0.811 bits per heavy atom. The number of carbonyl (C=O) groups is 2. The third-order valence-electron chi connectivity index (χ3n) is 5.32. The van der Waals surface area contributed by atoms with Gasteiger partial charge in [0.25, 0.3) is 17.5 Å². The standard InChI is InChI=1S/C29H23N3O4S/c33-28(22-11-5-2-6-12-22)31-26(19-23-13-7-8-14-27(23)32(35)36)29(34)30-24-15-17-25(18-16-24)37-20-21-9-3-1-4-10-21/h1-19H,20H2,(H,30,34)(H,31,33)/b26-19+. The minimum absolute atomic E-state index is 0.120. The molecule has 0 bridgehead atoms. The molecule has 7 nitrogen and oxygen atoms in total. The van der Waals surface area contributed by atoms with Crippen molar-refractivity contribution in [3.63, 3.8) is 0 Å². The van der Waals surface area contributed by atoms with E-state index in [1.54, 1.807) is 60.3 Å². The lowest BCUT2D eigenvalue weighted by Crippen LogP contribution is -2.30. The molecule has 4 rings (SSSR count). The topological polar surface area (TPSA) is 101 Å². The molecular formula is C29H23N3O4S. The van der Waals surface area contributed by atoms with Crippen molar-refractivity contribution in [2.45, 2.75) is 10.6 Å². The van der Waals surface area contributed by atoms with E-state index in [2.05, 4.69) is 22.8 Å². The number of carbonyl (C=O) groups excluding carboxylic acids is 2. The first kappa shape index (κ1) is 25.4. The molecule has 0 heterocycles. The number of nitro groups is 1. The maximum absolute atomic E-state index is 13.2. The average molecular weight is 510 g/mol. The fourth-order valence-corrected chi connectivity index (χ4v) is 4.30. The van der Waals surface area contributed by atoms with Crippen LogP contribution in [0, 0.1) is 10.1 Å². The number of amides is 2. The van der Waals surface area contributed by atoms with Crippen molar-refractivity contribution in [3.8, 4) is 0 Å². The Morgan fingerprint density at radius 2 is 1.43 bits per heavy atom. The van der Waals surface area contributed by atoms with Gasteiger partial charge in [-0.1, -0.05) is 60.7 Å². The molecule has 0 aliphatic heterocycles. The van der Waals surface area contributed by atoms with Crippen LogP contribution in [0.15, 0.2) is 120 Å². The van der Waals surface area contributed by atoms with Crippen LogP contribution in [0.4, 0.5) is 11.4 Å². The summed E-state index contributed by atoms with van der Waals surface area (Å²) in [5.74, 6) is -0.291. The molecule has 0 spiro atoms. The van der Waals surface area contributed by atoms with E-state index in [1.165, 1.54) is 29.8 Å². The fourth-order valence-electron chi connectivity index (χ4n) is 3.45. The minimum atomic E-state index is -0.605. The molecule has 37 heavy (non-hydrogen) atoms. The molecule has 4 aromatic carbocycles. The first-order valence-corrected chi connectivity index (χ1v) is 12.4. The Bertz CT molecular complexity index is 1420. The first-order chi connectivity index (χ1) is 18.0. The highest BCUT2D eigenvalue weighted by molar-refractivity contribution is 7.98. The zero-order valence-corrected chi connectivity index (χ0v) is 20.5. The van der Waals surface area contributed by atoms with Gasteiger partial charge in [-0.05, 0) is 54.1 Å². The fraction of sp³-hybridized carbons (Fsp3) is 0.0345. The van der Waals surface area contributed by atoms with Gasteiger partial charge in [0, 0.05) is 28.0 Å². The number of benzene rings is 4. The number of nitrogens with zero attached hydrogens (tertiary/aromatic N) is 1. The van der Waals surface area contributed by atoms with Gasteiger partial charge >= 0.3 is 0 Å². The molecular weight excluding hydrogens is 486 g/mol. The summed E-state index contributed by atoms with van der Waals surface area (Å²) in [6, 6.07) is 31.9. The Hall–Kier alpha value is -4.69. The third-order valence-corrected chi connectivity index (χ3v) is 6.41. The summed E-state index contributed by atoms with van der Waals surface area (Å²) in [6.07, 6.45) is 1.30. The normalized spacial score (nSPS) is 11.0. The second-order valence-corrected chi connectivity index (χ2v) is 9.00. The van der Waals surface area contributed by atoms with Crippen molar-refractivity contribution >= 4 is 41.0 Å². The van der Waals surface area contributed by atoms with Crippen LogP contribution in [-0.4, -0.2) is 16.7 Å². The number of hydrogen-bond donors (Lipinski definition) is 2. The zero-order chi connectivity index (χ0) is 26.0. The van der Waals surface area contributed by atoms with E-state index in [4.69, 9.17) is 0 Å². The molecule has 0 fully saturated rings. The van der Waals surface area contributed by atoms with Crippen LogP contribution in [0.5, 0.6) is 0 Å². The molecule has 0 saturated heterocycles. The third kappa shape index (κ3) is 7.16. The number of hydrogen-bond acceptors (Lipinski definition) is 5. The number of nitro benzene ring substituents is 1. The van der Waals surface area contributed by atoms with Gasteiger partial charge in [0.05, 0.1) is 10.5 Å². The Morgan fingerprint density at radius 3 is 2.11 bits per heavy atom. The van der Waals surface area contributed by atoms with Gasteiger partial charge in [-0.2, -0.15) is 0 Å². The molecule has 0 aliphatic carbocycles. The summed E-state index contributed by atoms with van der Waals surface area (Å²) in [7, 11) is 0. The van der Waals surface area contributed by atoms with Crippen LogP contribution in [0.25, 0.3) is 6.08 Å². The van der Waals surface area contributed by atoms with Gasteiger partial charge in [-0.3, -0.25) is 19.7 Å². The van der Waals surface area contributed by atoms with E-state index in [0.717, 1.165) is 10.6 Å². The quantitative estimate of drug-likeness (QED) is 0.119. The predicted molar refractivity (Wildman–Crippen MR) is 146 cm³/mol. The second kappa shape index (κ2) is 12.3. The number of anilines is 1. The van der Waals surface area contributed by atoms with E-state index in [1.807, 2.05) is 30.3 Å². The lowest BCUT2D eigenvalue weighted by Gasteiger charge is -2.12. The summed E-state index contributed by atoms with van der Waals surface area (Å²) in [5, 5.41) is 16.8. The highest BCUT2D eigenvalue weighted by Crippen LogP contribution is 2.25. The van der Waals surface area contributed by atoms with Crippen LogP contribution < -0.4 is 10.6 Å². The Balaban J connectivity index is 1.53. The summed E-state index contributed by atoms with van der Waals surface area (Å²) in [5.41, 5.74) is 1.98. The van der Waals surface area contributed by atoms with E-state index < -0.39 is 16.7 Å². The van der Waals surface area contributed by atoms with Crippen LogP contribution in [0.3, 0.4) is 0 Å². The molecule has 2 N–H and O–H groups in total. The molecule has 184 valence electrons. The lowest BCUT2D eigenvalue weighted by atomic mass is 10.1. The number of para-hydroxylation sites is 1. The van der Waals surface area contributed by atoms with Crippen LogP contribution in [-0.2, 0) is 10.5 Å². The van der Waals surface area contributed by atoms with Gasteiger partial charge in [0.15, 0.2) is 0 Å². The van der Waals surface area contributed by atoms with Crippen LogP contribution in [0.2, 0.25) is 0 Å². The van der Waals surface area contributed by atoms with Crippen molar-refractivity contribution in [2.24, 2.45) is 0 Å². The van der Waals surface area contributed by atoms with Gasteiger partial charge in [0.2, 0.25) is 0 Å². The molecule has 4 aromatic rings. The maximum atomic E-state index is 13.2. The first-order valence-electron chi connectivity index (χ1n) is 11.4. The van der Waals surface area contributed by atoms with Crippen molar-refractivity contribution in [2.75, 3.05) is 5.32 Å². The van der Waals surface area contributed by atoms with Crippen LogP contribution in [0.1, 0.15) is 21.5 Å². The van der Waals surface area contributed by atoms with E-state index in [9.17, 15) is 19.7 Å². The summed E-state index contributed by atoms with van der Waals surface area (Å²) in [6.45, 7) is 0. The van der Waals surface area contributed by atoms with Gasteiger partial charge in [-0.15, -0.1) is 11.8 Å². The smallest absolute Gasteiger partial charge is 0.276 e. The predicted octanol–water partition coefficient (Wildman–Crippen LogP) is 6.30. The van der Waals surface area contributed by atoms with Gasteiger partial charge in [-0.25, -0.2) is 0 Å². The maximum Gasteiger partial charge on any atom is 0.276 e. The molecule has 0 aliphatic rings. The zero-order valence-electron chi connectivity index (χ0n) is 19.7. The van der Waals surface area contributed by atoms with Crippen LogP contribution >= 0.6 is 11.8 Å². The Kier molecular flexibility index (Phi) is 8.46. The number of nitrogens with one attached hydrogen (secondary N) is 2. The van der Waals surface area contributed by atoms with E-state index in [0.29, 0.717) is 11.3 Å². The summed E-state index contributed by atoms with van der Waals surface area (Å²) >= 11 is 1.67. The lowest BCUT2D eigenvalue weighted by molar-refractivity contribution is -0.385. The molecule has 8 heteroatoms. The number of rotatable bonds is 9. The summed E-state index contributed by atoms with van der Waals surface area (Å²) < 4.78 is 0. The largest absolute Gasteiger partial charge is 0.321 e. The SMILES string of the molecule is O=C(Nc1ccc(SCc2ccccc2)cc1)/C(=C\c1ccccc1[N+](=O)[O-])NC(=O)c1ccccc1. The van der Waals surface area contributed by atoms with Gasteiger partial charge in [0.1, 0.15) is 5.70 Å². The highest BCUT2D eigenvalue weighted by atomic mass is 32.2. The van der Waals surface area contributed by atoms with Crippen molar-refractivity contribution < 1.29 is 14.5 Å². The summed E-state index contributed by atoms with van der Waals surface area (Å²) in [4.78, 5) is 37.9. The van der Waals surface area contributed by atoms with E-state index >= 15 is 0 Å². The van der Waals surface area contributed by atoms with Crippen molar-refractivity contribution in [1.82, 2.24) is 5.32 Å². The molecule has 0 radical (unpaired) electrons. The minimum Gasteiger partial charge on any atom is -0.321 e. The second-order valence-electron chi connectivity index (χ2n) is 7.95. The molecule has 0 unspecified atom stereocenters. The molecule has 2 amide bonds. The monoisotopic (exact) mass is 509 g/mol. The molecule has 0 atom stereocenters. The van der Waals surface area contributed by atoms with Crippen molar-refractivity contribution in [3.05, 3.63) is 142 Å². The van der Waals surface area contributed by atoms with E-state index in [-0.39, 0.29) is 16.9 Å². The van der Waals surface area contributed by atoms with Gasteiger partial charge < -0.3 is 10.6 Å². The average Bonchev–Trinajstić information content (AvgIpc) is 2.93. The molecule has 0 aromatic heterocycles. The molecule has 0 saturated carbocycles. The highest BCUT2D eigenvalue weighted by Gasteiger charge is 2.18. The van der Waals surface area contributed by atoms with Crippen molar-refractivity contribution in [1.29, 1.82) is 0 Å².